The van der Waals surface area contributed by atoms with E-state index in [-0.39, 0.29) is 5.75 Å². The quantitative estimate of drug-likeness (QED) is 0.468. The summed E-state index contributed by atoms with van der Waals surface area (Å²) in [4.78, 5) is 0. The van der Waals surface area contributed by atoms with Crippen LogP contribution in [0.2, 0.25) is 0 Å². The molecule has 0 spiro atoms. The highest BCUT2D eigenvalue weighted by atomic mass is 16.3. The fourth-order valence-electron chi connectivity index (χ4n) is 3.72. The summed E-state index contributed by atoms with van der Waals surface area (Å²) in [7, 11) is 0. The standard InChI is InChI=1S/C24H20N4O/c1-16-14-21(26-27(16)23-12-5-6-13-24(23)29)18-8-7-9-19(15-18)28-22-11-4-3-10-20(22)17(2)25-28/h3-15,29H,1-2H3. The van der Waals surface area contributed by atoms with E-state index in [0.717, 1.165) is 39.2 Å². The number of phenolic OH excluding ortho intramolecular Hbond substituents is 1. The van der Waals surface area contributed by atoms with E-state index in [4.69, 9.17) is 10.2 Å². The van der Waals surface area contributed by atoms with Gasteiger partial charge in [0.15, 0.2) is 0 Å². The van der Waals surface area contributed by atoms with Crippen molar-refractivity contribution in [1.82, 2.24) is 19.6 Å². The van der Waals surface area contributed by atoms with Gasteiger partial charge >= 0.3 is 0 Å². The highest BCUT2D eigenvalue weighted by Crippen LogP contribution is 2.28. The average molecular weight is 380 g/mol. The molecular formula is C24H20N4O. The van der Waals surface area contributed by atoms with Crippen LogP contribution >= 0.6 is 0 Å². The number of phenols is 1. The molecule has 2 heterocycles. The Kier molecular flexibility index (Phi) is 3.95. The van der Waals surface area contributed by atoms with Gasteiger partial charge in [-0.05, 0) is 50.2 Å². The van der Waals surface area contributed by atoms with Gasteiger partial charge in [0.2, 0.25) is 0 Å². The lowest BCUT2D eigenvalue weighted by Gasteiger charge is -2.07. The van der Waals surface area contributed by atoms with Crippen LogP contribution in [0.25, 0.3) is 33.5 Å². The minimum Gasteiger partial charge on any atom is -0.506 e. The Morgan fingerprint density at radius 3 is 2.41 bits per heavy atom. The van der Waals surface area contributed by atoms with Crippen LogP contribution < -0.4 is 0 Å². The van der Waals surface area contributed by atoms with Gasteiger partial charge in [0.05, 0.1) is 22.6 Å². The van der Waals surface area contributed by atoms with Gasteiger partial charge in [-0.1, -0.05) is 42.5 Å². The molecule has 0 aliphatic rings. The van der Waals surface area contributed by atoms with Gasteiger partial charge in [-0.2, -0.15) is 10.2 Å². The fourth-order valence-corrected chi connectivity index (χ4v) is 3.72. The summed E-state index contributed by atoms with van der Waals surface area (Å²) in [5, 5.41) is 20.8. The van der Waals surface area contributed by atoms with Gasteiger partial charge in [0.1, 0.15) is 11.4 Å². The minimum atomic E-state index is 0.206. The normalized spacial score (nSPS) is 11.2. The second-order valence-electron chi connectivity index (χ2n) is 7.14. The van der Waals surface area contributed by atoms with Gasteiger partial charge in [0, 0.05) is 16.6 Å². The van der Waals surface area contributed by atoms with Crippen molar-refractivity contribution < 1.29 is 5.11 Å². The van der Waals surface area contributed by atoms with Crippen molar-refractivity contribution in [3.05, 3.63) is 90.3 Å². The van der Waals surface area contributed by atoms with Crippen molar-refractivity contribution in [2.75, 3.05) is 0 Å². The number of benzene rings is 3. The first-order chi connectivity index (χ1) is 14.1. The minimum absolute atomic E-state index is 0.206. The summed E-state index contributed by atoms with van der Waals surface area (Å²) >= 11 is 0. The Morgan fingerprint density at radius 1 is 0.759 bits per heavy atom. The Hall–Kier alpha value is -3.86. The molecule has 0 bridgehead atoms. The van der Waals surface area contributed by atoms with Gasteiger partial charge in [0.25, 0.3) is 0 Å². The van der Waals surface area contributed by atoms with E-state index < -0.39 is 0 Å². The molecule has 2 aromatic heterocycles. The van der Waals surface area contributed by atoms with Crippen LogP contribution in [-0.4, -0.2) is 24.7 Å². The first kappa shape index (κ1) is 17.3. The summed E-state index contributed by atoms with van der Waals surface area (Å²) in [6, 6.07) is 25.7. The lowest BCUT2D eigenvalue weighted by atomic mass is 10.1. The predicted molar refractivity (Wildman–Crippen MR) is 115 cm³/mol. The number of aryl methyl sites for hydroxylation is 2. The van der Waals surface area contributed by atoms with Gasteiger partial charge in [-0.3, -0.25) is 0 Å². The monoisotopic (exact) mass is 380 g/mol. The molecule has 0 radical (unpaired) electrons. The first-order valence-electron chi connectivity index (χ1n) is 9.52. The van der Waals surface area contributed by atoms with E-state index in [0.29, 0.717) is 5.69 Å². The Morgan fingerprint density at radius 2 is 1.55 bits per heavy atom. The maximum absolute atomic E-state index is 10.2. The molecule has 0 saturated carbocycles. The maximum Gasteiger partial charge on any atom is 0.141 e. The third-order valence-corrected chi connectivity index (χ3v) is 5.16. The lowest BCUT2D eigenvalue weighted by Crippen LogP contribution is -1.99. The first-order valence-corrected chi connectivity index (χ1v) is 9.52. The van der Waals surface area contributed by atoms with Gasteiger partial charge in [-0.25, -0.2) is 9.36 Å². The van der Waals surface area contributed by atoms with E-state index in [2.05, 4.69) is 24.3 Å². The zero-order chi connectivity index (χ0) is 20.0. The van der Waals surface area contributed by atoms with E-state index in [1.54, 1.807) is 16.8 Å². The molecule has 0 atom stereocenters. The molecule has 3 aromatic carbocycles. The van der Waals surface area contributed by atoms with Crippen molar-refractivity contribution in [2.24, 2.45) is 0 Å². The molecule has 5 aromatic rings. The zero-order valence-corrected chi connectivity index (χ0v) is 16.2. The number of nitrogens with zero attached hydrogens (tertiary/aromatic N) is 4. The summed E-state index contributed by atoms with van der Waals surface area (Å²) in [5.74, 6) is 0.206. The number of aromatic hydroxyl groups is 1. The molecule has 0 saturated heterocycles. The number of hydrogen-bond acceptors (Lipinski definition) is 3. The summed E-state index contributed by atoms with van der Waals surface area (Å²) in [6.07, 6.45) is 0. The second kappa shape index (κ2) is 6.63. The Bertz CT molecular complexity index is 1350. The van der Waals surface area contributed by atoms with Crippen LogP contribution in [0, 0.1) is 13.8 Å². The average Bonchev–Trinajstić information content (AvgIpc) is 3.29. The molecule has 5 heteroatoms. The smallest absolute Gasteiger partial charge is 0.141 e. The van der Waals surface area contributed by atoms with E-state index >= 15 is 0 Å². The molecule has 5 nitrogen and oxygen atoms in total. The van der Waals surface area contributed by atoms with Crippen LogP contribution in [0.5, 0.6) is 5.75 Å². The maximum atomic E-state index is 10.2. The predicted octanol–water partition coefficient (Wildman–Crippen LogP) is 5.20. The van der Waals surface area contributed by atoms with Crippen molar-refractivity contribution in [2.45, 2.75) is 13.8 Å². The summed E-state index contributed by atoms with van der Waals surface area (Å²) in [5.41, 5.74) is 6.54. The number of aromatic nitrogens is 4. The molecule has 0 aliphatic heterocycles. The van der Waals surface area contributed by atoms with E-state index in [9.17, 15) is 5.11 Å². The van der Waals surface area contributed by atoms with Crippen molar-refractivity contribution in [3.8, 4) is 28.4 Å². The molecule has 29 heavy (non-hydrogen) atoms. The highest BCUT2D eigenvalue weighted by Gasteiger charge is 2.13. The SMILES string of the molecule is Cc1nn(-c2cccc(-c3cc(C)n(-c4ccccc4O)n3)c2)c2ccccc12. The molecule has 0 unspecified atom stereocenters. The number of hydrogen-bond donors (Lipinski definition) is 1. The molecule has 0 aliphatic carbocycles. The molecule has 5 rings (SSSR count). The largest absolute Gasteiger partial charge is 0.506 e. The summed E-state index contributed by atoms with van der Waals surface area (Å²) in [6.45, 7) is 4.01. The lowest BCUT2D eigenvalue weighted by molar-refractivity contribution is 0.470. The second-order valence-corrected chi connectivity index (χ2v) is 7.14. The van der Waals surface area contributed by atoms with Crippen LogP contribution in [0.3, 0.4) is 0 Å². The van der Waals surface area contributed by atoms with Crippen LogP contribution in [0.15, 0.2) is 78.9 Å². The highest BCUT2D eigenvalue weighted by molar-refractivity contribution is 5.83. The van der Waals surface area contributed by atoms with Crippen molar-refractivity contribution in [3.63, 3.8) is 0 Å². The van der Waals surface area contributed by atoms with Gasteiger partial charge < -0.3 is 5.11 Å². The van der Waals surface area contributed by atoms with Gasteiger partial charge in [-0.15, -0.1) is 0 Å². The molecule has 0 fully saturated rings. The fraction of sp³-hybridized carbons (Fsp3) is 0.0833. The Labute approximate surface area is 168 Å². The van der Waals surface area contributed by atoms with E-state index in [1.807, 2.05) is 61.0 Å². The molecule has 1 N–H and O–H groups in total. The number of rotatable bonds is 3. The van der Waals surface area contributed by atoms with E-state index in [1.165, 1.54) is 0 Å². The molecule has 142 valence electrons. The topological polar surface area (TPSA) is 55.9 Å². The number of fused-ring (bicyclic) bond motifs is 1. The van der Waals surface area contributed by atoms with Crippen LogP contribution in [-0.2, 0) is 0 Å². The molecular weight excluding hydrogens is 360 g/mol. The van der Waals surface area contributed by atoms with Crippen LogP contribution in [0.4, 0.5) is 0 Å². The number of para-hydroxylation sites is 3. The van der Waals surface area contributed by atoms with Crippen molar-refractivity contribution >= 4 is 10.9 Å². The van der Waals surface area contributed by atoms with Crippen LogP contribution in [0.1, 0.15) is 11.4 Å². The molecule has 0 amide bonds. The third-order valence-electron chi connectivity index (χ3n) is 5.16. The van der Waals surface area contributed by atoms with Crippen molar-refractivity contribution in [1.29, 1.82) is 0 Å². The third kappa shape index (κ3) is 2.88. The zero-order valence-electron chi connectivity index (χ0n) is 16.2. The summed E-state index contributed by atoms with van der Waals surface area (Å²) < 4.78 is 3.74. The Balaban J connectivity index is 1.61.